The Hall–Kier alpha value is 0.683. The van der Waals surface area contributed by atoms with Gasteiger partial charge in [-0.3, -0.25) is 0 Å². The summed E-state index contributed by atoms with van der Waals surface area (Å²) >= 11 is 2.86. The predicted molar refractivity (Wildman–Crippen MR) is 57.6 cm³/mol. The van der Waals surface area contributed by atoms with Crippen molar-refractivity contribution < 1.29 is 8.78 Å². The number of rotatable bonds is 4. The van der Waals surface area contributed by atoms with Crippen LogP contribution in [0.5, 0.6) is 0 Å². The van der Waals surface area contributed by atoms with E-state index in [1.54, 1.807) is 13.1 Å². The van der Waals surface area contributed by atoms with E-state index in [-0.39, 0.29) is 0 Å². The Bertz CT molecular complexity index is 169. The van der Waals surface area contributed by atoms with Gasteiger partial charge in [-0.15, -0.1) is 0 Å². The standard InChI is InChI=1S/C7H16F2SeSi2/c1-11(2,5-10)6-12(3,4)7(8)9/h5,7H,6H2,1-4H3. The molecule has 0 aliphatic carbocycles. The van der Waals surface area contributed by atoms with Crippen LogP contribution in [0.2, 0.25) is 31.9 Å². The first-order valence-electron chi connectivity index (χ1n) is 3.96. The minimum absolute atomic E-state index is 0.769. The van der Waals surface area contributed by atoms with Gasteiger partial charge >= 0.3 is 83.0 Å². The van der Waals surface area contributed by atoms with E-state index >= 15 is 0 Å². The van der Waals surface area contributed by atoms with Gasteiger partial charge < -0.3 is 0 Å². The van der Waals surface area contributed by atoms with Crippen LogP contribution in [-0.2, 0) is 0 Å². The quantitative estimate of drug-likeness (QED) is 0.689. The van der Waals surface area contributed by atoms with Crippen molar-refractivity contribution in [2.45, 2.75) is 37.9 Å². The van der Waals surface area contributed by atoms with Crippen molar-refractivity contribution in [2.75, 3.05) is 0 Å². The normalized spacial score (nSPS) is 13.6. The minimum atomic E-state index is -2.26. The number of alkyl halides is 2. The molecule has 0 heterocycles. The van der Waals surface area contributed by atoms with Crippen LogP contribution < -0.4 is 0 Å². The third kappa shape index (κ3) is 4.07. The van der Waals surface area contributed by atoms with E-state index in [1.807, 2.05) is 4.54 Å². The first-order chi connectivity index (χ1) is 5.21. The zero-order valence-electron chi connectivity index (χ0n) is 8.03. The molecule has 0 aliphatic rings. The molecule has 0 spiro atoms. The van der Waals surface area contributed by atoms with Crippen LogP contribution in [0, 0.1) is 0 Å². The van der Waals surface area contributed by atoms with Crippen LogP contribution in [0.1, 0.15) is 0 Å². The van der Waals surface area contributed by atoms with Crippen molar-refractivity contribution in [1.29, 1.82) is 0 Å². The van der Waals surface area contributed by atoms with Gasteiger partial charge in [-0.1, -0.05) is 0 Å². The Morgan fingerprint density at radius 2 is 1.67 bits per heavy atom. The summed E-state index contributed by atoms with van der Waals surface area (Å²) in [6, 6.07) is -2.08. The van der Waals surface area contributed by atoms with E-state index in [0.717, 1.165) is 5.67 Å². The molecule has 0 saturated carbocycles. The Morgan fingerprint density at radius 1 is 1.25 bits per heavy atom. The van der Waals surface area contributed by atoms with Gasteiger partial charge in [0, 0.05) is 0 Å². The summed E-state index contributed by atoms with van der Waals surface area (Å²) in [6.07, 6.45) is 0. The Kier molecular flexibility index (Phi) is 4.51. The van der Waals surface area contributed by atoms with Gasteiger partial charge in [0.15, 0.2) is 0 Å². The molecule has 12 heavy (non-hydrogen) atoms. The molecule has 5 heteroatoms. The Balaban J connectivity index is 4.33. The van der Waals surface area contributed by atoms with Gasteiger partial charge in [-0.05, 0) is 0 Å². The average molecular weight is 273 g/mol. The van der Waals surface area contributed by atoms with Crippen LogP contribution >= 0.6 is 0 Å². The second-order valence-corrected chi connectivity index (χ2v) is 16.1. The molecule has 0 N–H and O–H groups in total. The van der Waals surface area contributed by atoms with Crippen LogP contribution in [0.15, 0.2) is 0 Å². The van der Waals surface area contributed by atoms with Crippen LogP contribution in [0.25, 0.3) is 0 Å². The molecule has 0 aromatic carbocycles. The van der Waals surface area contributed by atoms with E-state index in [9.17, 15) is 8.78 Å². The molecular formula is C7H16F2SeSi2. The van der Waals surface area contributed by atoms with Gasteiger partial charge in [0.1, 0.15) is 0 Å². The second kappa shape index (κ2) is 4.26. The zero-order valence-corrected chi connectivity index (χ0v) is 11.7. The topological polar surface area (TPSA) is 0 Å². The molecule has 0 atom stereocenters. The van der Waals surface area contributed by atoms with Crippen molar-refractivity contribution in [2.24, 2.45) is 0 Å². The molecule has 0 radical (unpaired) electrons. The molecular weight excluding hydrogens is 257 g/mol. The van der Waals surface area contributed by atoms with Crippen LogP contribution in [0.4, 0.5) is 8.78 Å². The molecule has 0 rings (SSSR count). The first kappa shape index (κ1) is 12.7. The summed E-state index contributed by atoms with van der Waals surface area (Å²) in [6.45, 7) is 7.80. The summed E-state index contributed by atoms with van der Waals surface area (Å²) in [4.78, 5) is 0. The maximum atomic E-state index is 12.5. The monoisotopic (exact) mass is 274 g/mol. The van der Waals surface area contributed by atoms with Gasteiger partial charge in [0.25, 0.3) is 0 Å². The van der Waals surface area contributed by atoms with E-state index in [2.05, 4.69) is 28.7 Å². The van der Waals surface area contributed by atoms with Gasteiger partial charge in [0.2, 0.25) is 0 Å². The summed E-state index contributed by atoms with van der Waals surface area (Å²) in [7, 11) is -3.73. The molecule has 0 aromatic rings. The zero-order chi connectivity index (χ0) is 9.99. The van der Waals surface area contributed by atoms with Crippen molar-refractivity contribution in [3.8, 4) is 0 Å². The van der Waals surface area contributed by atoms with Crippen molar-refractivity contribution in [1.82, 2.24) is 0 Å². The molecule has 72 valence electrons. The van der Waals surface area contributed by atoms with E-state index in [0.29, 0.717) is 0 Å². The Labute approximate surface area is 83.1 Å². The Morgan fingerprint density at radius 3 is 1.92 bits per heavy atom. The fraction of sp³-hybridized carbons (Fsp3) is 0.857. The number of halogens is 2. The van der Waals surface area contributed by atoms with Crippen molar-refractivity contribution in [3.05, 3.63) is 0 Å². The molecule has 0 unspecified atom stereocenters. The third-order valence-electron chi connectivity index (χ3n) is 1.82. The number of hydrogen-bond acceptors (Lipinski definition) is 0. The van der Waals surface area contributed by atoms with E-state index < -0.39 is 22.2 Å². The molecule has 0 amide bonds. The first-order valence-corrected chi connectivity index (χ1v) is 11.5. The van der Waals surface area contributed by atoms with Gasteiger partial charge in [-0.25, -0.2) is 0 Å². The summed E-state index contributed by atoms with van der Waals surface area (Å²) in [5.41, 5.74) is 0.769. The average Bonchev–Trinajstić information content (AvgIpc) is 1.85. The molecule has 0 fully saturated rings. The fourth-order valence-electron chi connectivity index (χ4n) is 1.29. The SMILES string of the molecule is C[Si](C)(C=[Se])C[Si](C)(C)C(F)F. The maximum absolute atomic E-state index is 12.5. The second-order valence-electron chi connectivity index (χ2n) is 4.57. The molecule has 0 nitrogen and oxygen atoms in total. The van der Waals surface area contributed by atoms with Gasteiger partial charge in [0.05, 0.1) is 0 Å². The van der Waals surface area contributed by atoms with Gasteiger partial charge in [-0.2, -0.15) is 0 Å². The van der Waals surface area contributed by atoms with E-state index in [4.69, 9.17) is 0 Å². The van der Waals surface area contributed by atoms with Crippen LogP contribution in [-0.4, -0.2) is 42.3 Å². The summed E-state index contributed by atoms with van der Waals surface area (Å²) < 4.78 is 27.1. The third-order valence-corrected chi connectivity index (χ3v) is 14.9. The number of hydrogen-bond donors (Lipinski definition) is 0. The predicted octanol–water partition coefficient (Wildman–Crippen LogP) is 2.26. The molecule has 0 saturated heterocycles. The van der Waals surface area contributed by atoms with Crippen LogP contribution in [0.3, 0.4) is 0 Å². The molecule has 0 aliphatic heterocycles. The van der Waals surface area contributed by atoms with Crippen molar-refractivity contribution in [3.63, 3.8) is 0 Å². The summed E-state index contributed by atoms with van der Waals surface area (Å²) in [5.74, 6) is 0. The molecule has 0 aromatic heterocycles. The van der Waals surface area contributed by atoms with E-state index in [1.165, 1.54) is 0 Å². The van der Waals surface area contributed by atoms with Crippen molar-refractivity contribution >= 4 is 36.3 Å². The fourth-order valence-corrected chi connectivity index (χ4v) is 13.2. The molecule has 0 bridgehead atoms. The summed E-state index contributed by atoms with van der Waals surface area (Å²) in [5, 5.41) is 0.